The molecule has 4 aromatic rings. The lowest BCUT2D eigenvalue weighted by Gasteiger charge is -2.25. The number of fused-ring (bicyclic) bond motifs is 2. The standard InChI is InChI=1S/C25H25N3O/c1-15-10-18-11-23(19-13-26-14-19)28-24(18)12-22(15)25(29)27-16(2)20-9-5-7-17-6-3-4-8-21(17)20/h3-12,16,19,26,28H,13-14H2,1-2H3,(H,27,29). The van der Waals surface area contributed by atoms with Crippen LogP contribution < -0.4 is 10.6 Å². The molecular formula is C25H25N3O. The number of hydrogen-bond donors (Lipinski definition) is 3. The van der Waals surface area contributed by atoms with E-state index in [2.05, 4.69) is 52.0 Å². The Morgan fingerprint density at radius 2 is 1.83 bits per heavy atom. The van der Waals surface area contributed by atoms with Crippen molar-refractivity contribution in [2.75, 3.05) is 13.1 Å². The zero-order valence-electron chi connectivity index (χ0n) is 16.8. The van der Waals surface area contributed by atoms with Gasteiger partial charge in [0.05, 0.1) is 6.04 Å². The fourth-order valence-electron chi connectivity index (χ4n) is 4.27. The molecule has 0 radical (unpaired) electrons. The fraction of sp³-hybridized carbons (Fsp3) is 0.240. The summed E-state index contributed by atoms with van der Waals surface area (Å²) in [6, 6.07) is 20.8. The van der Waals surface area contributed by atoms with Crippen LogP contribution in [0, 0.1) is 6.92 Å². The van der Waals surface area contributed by atoms with Crippen LogP contribution in [0.15, 0.2) is 60.7 Å². The predicted molar refractivity (Wildman–Crippen MR) is 118 cm³/mol. The van der Waals surface area contributed by atoms with E-state index in [0.29, 0.717) is 5.92 Å². The lowest BCUT2D eigenvalue weighted by molar-refractivity contribution is 0.0939. The Kier molecular flexibility index (Phi) is 4.36. The van der Waals surface area contributed by atoms with Gasteiger partial charge in [0.25, 0.3) is 5.91 Å². The molecule has 5 rings (SSSR count). The molecule has 1 saturated heterocycles. The second-order valence-corrected chi connectivity index (χ2v) is 8.10. The van der Waals surface area contributed by atoms with Crippen molar-refractivity contribution in [2.24, 2.45) is 0 Å². The average Bonchev–Trinajstić information content (AvgIpc) is 3.07. The summed E-state index contributed by atoms with van der Waals surface area (Å²) in [5, 5.41) is 10.0. The monoisotopic (exact) mass is 383 g/mol. The van der Waals surface area contributed by atoms with Crippen molar-refractivity contribution in [3.63, 3.8) is 0 Å². The van der Waals surface area contributed by atoms with E-state index >= 15 is 0 Å². The first-order chi connectivity index (χ1) is 14.1. The molecule has 3 N–H and O–H groups in total. The first-order valence-electron chi connectivity index (χ1n) is 10.2. The van der Waals surface area contributed by atoms with Gasteiger partial charge in [-0.2, -0.15) is 0 Å². The Hall–Kier alpha value is -3.11. The smallest absolute Gasteiger partial charge is 0.252 e. The van der Waals surface area contributed by atoms with Gasteiger partial charge in [-0.25, -0.2) is 0 Å². The summed E-state index contributed by atoms with van der Waals surface area (Å²) >= 11 is 0. The molecule has 4 nitrogen and oxygen atoms in total. The summed E-state index contributed by atoms with van der Waals surface area (Å²) in [7, 11) is 0. The lowest BCUT2D eigenvalue weighted by atomic mass is 9.98. The van der Waals surface area contributed by atoms with Gasteiger partial charge < -0.3 is 15.6 Å². The van der Waals surface area contributed by atoms with E-state index < -0.39 is 0 Å². The Bertz CT molecular complexity index is 1210. The van der Waals surface area contributed by atoms with Crippen molar-refractivity contribution in [2.45, 2.75) is 25.8 Å². The van der Waals surface area contributed by atoms with Gasteiger partial charge in [0.15, 0.2) is 0 Å². The highest BCUT2D eigenvalue weighted by atomic mass is 16.1. The van der Waals surface area contributed by atoms with Gasteiger partial charge in [-0.1, -0.05) is 42.5 Å². The number of H-pyrrole nitrogens is 1. The molecule has 29 heavy (non-hydrogen) atoms. The van der Waals surface area contributed by atoms with Crippen LogP contribution >= 0.6 is 0 Å². The van der Waals surface area contributed by atoms with Gasteiger partial charge in [0, 0.05) is 35.8 Å². The van der Waals surface area contributed by atoms with E-state index in [1.54, 1.807) is 0 Å². The maximum Gasteiger partial charge on any atom is 0.252 e. The highest BCUT2D eigenvalue weighted by molar-refractivity contribution is 6.00. The summed E-state index contributed by atoms with van der Waals surface area (Å²) in [4.78, 5) is 16.6. The third-order valence-corrected chi connectivity index (χ3v) is 6.09. The molecule has 1 unspecified atom stereocenters. The summed E-state index contributed by atoms with van der Waals surface area (Å²) in [5.41, 5.74) is 5.14. The Morgan fingerprint density at radius 3 is 2.62 bits per heavy atom. The molecule has 2 heterocycles. The molecule has 146 valence electrons. The Balaban J connectivity index is 1.43. The number of aromatic nitrogens is 1. The number of aromatic amines is 1. The molecule has 1 aliphatic heterocycles. The number of benzene rings is 3. The molecule has 1 fully saturated rings. The van der Waals surface area contributed by atoms with Gasteiger partial charge in [-0.05, 0) is 59.3 Å². The van der Waals surface area contributed by atoms with Crippen LogP contribution in [0.2, 0.25) is 0 Å². The van der Waals surface area contributed by atoms with Crippen molar-refractivity contribution < 1.29 is 4.79 Å². The van der Waals surface area contributed by atoms with E-state index in [1.807, 2.05) is 38.1 Å². The molecule has 1 atom stereocenters. The third-order valence-electron chi connectivity index (χ3n) is 6.09. The minimum Gasteiger partial charge on any atom is -0.358 e. The van der Waals surface area contributed by atoms with Crippen LogP contribution in [-0.2, 0) is 0 Å². The van der Waals surface area contributed by atoms with Gasteiger partial charge in [-0.15, -0.1) is 0 Å². The summed E-state index contributed by atoms with van der Waals surface area (Å²) < 4.78 is 0. The summed E-state index contributed by atoms with van der Waals surface area (Å²) in [6.45, 7) is 6.09. The van der Waals surface area contributed by atoms with Gasteiger partial charge >= 0.3 is 0 Å². The molecule has 4 heteroatoms. The quantitative estimate of drug-likeness (QED) is 0.474. The van der Waals surface area contributed by atoms with Crippen LogP contribution in [0.4, 0.5) is 0 Å². The van der Waals surface area contributed by atoms with E-state index in [-0.39, 0.29) is 11.9 Å². The van der Waals surface area contributed by atoms with Crippen LogP contribution in [0.5, 0.6) is 0 Å². The summed E-state index contributed by atoms with van der Waals surface area (Å²) in [6.07, 6.45) is 0. The molecule has 1 aliphatic rings. The zero-order chi connectivity index (χ0) is 20.0. The highest BCUT2D eigenvalue weighted by Gasteiger charge is 2.22. The molecule has 0 aliphatic carbocycles. The largest absolute Gasteiger partial charge is 0.358 e. The van der Waals surface area contributed by atoms with Gasteiger partial charge in [0.1, 0.15) is 0 Å². The van der Waals surface area contributed by atoms with Crippen molar-refractivity contribution in [3.05, 3.63) is 83.0 Å². The number of hydrogen-bond acceptors (Lipinski definition) is 2. The van der Waals surface area contributed by atoms with E-state index in [1.165, 1.54) is 21.9 Å². The van der Waals surface area contributed by atoms with E-state index in [9.17, 15) is 4.79 Å². The molecule has 0 bridgehead atoms. The van der Waals surface area contributed by atoms with Crippen LogP contribution in [0.25, 0.3) is 21.7 Å². The molecule has 0 spiro atoms. The first kappa shape index (κ1) is 18.0. The normalized spacial score (nSPS) is 15.4. The Labute approximate surface area is 170 Å². The minimum absolute atomic E-state index is 0.0358. The topological polar surface area (TPSA) is 56.9 Å². The van der Waals surface area contributed by atoms with E-state index in [4.69, 9.17) is 0 Å². The van der Waals surface area contributed by atoms with Crippen molar-refractivity contribution in [1.29, 1.82) is 0 Å². The maximum absolute atomic E-state index is 13.1. The molecule has 1 amide bonds. The molecular weight excluding hydrogens is 358 g/mol. The summed E-state index contributed by atoms with van der Waals surface area (Å²) in [5.74, 6) is 0.512. The van der Waals surface area contributed by atoms with Crippen molar-refractivity contribution in [1.82, 2.24) is 15.6 Å². The third kappa shape index (κ3) is 3.19. The number of carbonyl (C=O) groups excluding carboxylic acids is 1. The van der Waals surface area contributed by atoms with Crippen LogP contribution in [0.1, 0.15) is 46.1 Å². The first-order valence-corrected chi connectivity index (χ1v) is 10.2. The number of aryl methyl sites for hydroxylation is 1. The average molecular weight is 383 g/mol. The van der Waals surface area contributed by atoms with Crippen LogP contribution in [0.3, 0.4) is 0 Å². The second-order valence-electron chi connectivity index (χ2n) is 8.10. The number of carbonyl (C=O) groups is 1. The van der Waals surface area contributed by atoms with Crippen molar-refractivity contribution >= 4 is 27.6 Å². The van der Waals surface area contributed by atoms with Gasteiger partial charge in [-0.3, -0.25) is 4.79 Å². The molecule has 0 saturated carbocycles. The van der Waals surface area contributed by atoms with Gasteiger partial charge in [0.2, 0.25) is 0 Å². The van der Waals surface area contributed by atoms with Crippen LogP contribution in [-0.4, -0.2) is 24.0 Å². The SMILES string of the molecule is Cc1cc2cc(C3CNC3)[nH]c2cc1C(=O)NC(C)c1cccc2ccccc12. The number of rotatable bonds is 4. The predicted octanol–water partition coefficient (Wildman–Crippen LogP) is 4.81. The number of nitrogens with one attached hydrogen (secondary N) is 3. The highest BCUT2D eigenvalue weighted by Crippen LogP contribution is 2.28. The van der Waals surface area contributed by atoms with E-state index in [0.717, 1.165) is 35.3 Å². The fourth-order valence-corrected chi connectivity index (χ4v) is 4.27. The minimum atomic E-state index is -0.0797. The van der Waals surface area contributed by atoms with Crippen molar-refractivity contribution in [3.8, 4) is 0 Å². The number of amides is 1. The molecule has 3 aromatic carbocycles. The lowest BCUT2D eigenvalue weighted by Crippen LogP contribution is -2.40. The second kappa shape index (κ2) is 7.05. The maximum atomic E-state index is 13.1. The Morgan fingerprint density at radius 1 is 1.03 bits per heavy atom. The molecule has 1 aromatic heterocycles. The zero-order valence-corrected chi connectivity index (χ0v) is 16.8.